The summed E-state index contributed by atoms with van der Waals surface area (Å²) in [5, 5.41) is 12.2. The first-order valence-electron chi connectivity index (χ1n) is 9.61. The summed E-state index contributed by atoms with van der Waals surface area (Å²) < 4.78 is 18.3. The average Bonchev–Trinajstić information content (AvgIpc) is 3.21. The molecule has 0 radical (unpaired) electrons. The normalized spacial score (nSPS) is 13.2. The van der Waals surface area contributed by atoms with Gasteiger partial charge in [-0.15, -0.1) is 0 Å². The summed E-state index contributed by atoms with van der Waals surface area (Å²) in [5.74, 6) is 0.636. The van der Waals surface area contributed by atoms with E-state index in [9.17, 15) is 4.79 Å². The topological polar surface area (TPSA) is 91.3 Å². The van der Waals surface area contributed by atoms with E-state index in [1.807, 2.05) is 13.1 Å². The largest absolute Gasteiger partial charge is 0.462 e. The molecule has 29 heavy (non-hydrogen) atoms. The van der Waals surface area contributed by atoms with Gasteiger partial charge in [-0.25, -0.2) is 9.48 Å². The van der Waals surface area contributed by atoms with E-state index in [1.54, 1.807) is 24.7 Å². The third-order valence-electron chi connectivity index (χ3n) is 4.49. The van der Waals surface area contributed by atoms with Crippen LogP contribution in [-0.4, -0.2) is 68.8 Å². The van der Waals surface area contributed by atoms with Crippen molar-refractivity contribution in [3.05, 3.63) is 34.9 Å². The minimum Gasteiger partial charge on any atom is -0.462 e. The average molecular weight is 447 g/mol. The van der Waals surface area contributed by atoms with Gasteiger partial charge in [0.15, 0.2) is 0 Å². The molecule has 0 spiro atoms. The van der Waals surface area contributed by atoms with Gasteiger partial charge >= 0.3 is 5.97 Å². The number of esters is 1. The van der Waals surface area contributed by atoms with Gasteiger partial charge in [0.2, 0.25) is 0 Å². The fraction of sp³-hybridized carbons (Fsp3) is 0.632. The van der Waals surface area contributed by atoms with Crippen LogP contribution in [0.1, 0.15) is 34.2 Å². The summed E-state index contributed by atoms with van der Waals surface area (Å²) in [6.07, 6.45) is 10.6. The molecule has 0 aromatic carbocycles. The van der Waals surface area contributed by atoms with E-state index in [4.69, 9.17) is 13.7 Å². The summed E-state index contributed by atoms with van der Waals surface area (Å²) in [6, 6.07) is 0. The molecule has 0 unspecified atom stereocenters. The number of aromatic amines is 1. The van der Waals surface area contributed by atoms with Crippen LogP contribution >= 0.6 is 21.2 Å². The molecule has 2 rings (SSSR count). The molecule has 0 saturated carbocycles. The number of thiol groups is 1. The minimum atomic E-state index is -1.90. The van der Waals surface area contributed by atoms with Gasteiger partial charge in [-0.2, -0.15) is 10.2 Å². The Balaban J connectivity index is 1.73. The number of hydrogen-bond acceptors (Lipinski definition) is 7. The maximum atomic E-state index is 11.9. The third kappa shape index (κ3) is 7.69. The number of nitrogens with zero attached hydrogens (tertiary/aromatic N) is 3. The van der Waals surface area contributed by atoms with Crippen molar-refractivity contribution in [1.29, 1.82) is 0 Å². The zero-order valence-electron chi connectivity index (χ0n) is 18.2. The monoisotopic (exact) mass is 446 g/mol. The van der Waals surface area contributed by atoms with Gasteiger partial charge in [0, 0.05) is 23.0 Å². The number of carbonyl (C=O) groups excluding carboxylic acids is 1. The first-order valence-corrected chi connectivity index (χ1v) is 14.5. The number of hydrogen-bond donors (Lipinski definition) is 2. The summed E-state index contributed by atoms with van der Waals surface area (Å²) in [7, 11) is -1.90. The van der Waals surface area contributed by atoms with Gasteiger partial charge < -0.3 is 13.7 Å². The lowest BCUT2D eigenvalue weighted by Crippen LogP contribution is -2.24. The summed E-state index contributed by atoms with van der Waals surface area (Å²) in [6.45, 7) is 7.40. The van der Waals surface area contributed by atoms with Crippen LogP contribution in [0.3, 0.4) is 0 Å². The fourth-order valence-corrected chi connectivity index (χ4v) is 5.88. The molecular formula is C19H34N4O4S2. The Morgan fingerprint density at radius 1 is 1.28 bits per heavy atom. The number of H-pyrrole nitrogens is 1. The number of ether oxygens (including phenoxy) is 2. The molecule has 0 aliphatic heterocycles. The highest BCUT2D eigenvalue weighted by molar-refractivity contribution is 8.52. The Morgan fingerprint density at radius 2 is 2.03 bits per heavy atom. The number of aromatic nitrogens is 4. The molecule has 8 nitrogen and oxygen atoms in total. The SMILES string of the molecule is CCOC(=O)c1cn(COCC[SH](C)(C)(C)CSOCc2c[nH]nc2C)nc1C. The van der Waals surface area contributed by atoms with Crippen molar-refractivity contribution in [3.8, 4) is 0 Å². The second kappa shape index (κ2) is 10.0. The highest BCUT2D eigenvalue weighted by Gasteiger charge is 2.26. The van der Waals surface area contributed by atoms with Crippen molar-refractivity contribution >= 4 is 27.2 Å². The lowest BCUT2D eigenvalue weighted by Gasteiger charge is -2.50. The first-order chi connectivity index (χ1) is 13.6. The lowest BCUT2D eigenvalue weighted by atomic mass is 10.3. The molecule has 166 valence electrons. The molecule has 2 aromatic rings. The van der Waals surface area contributed by atoms with Crippen molar-refractivity contribution in [2.75, 3.05) is 42.8 Å². The number of nitrogens with one attached hydrogen (secondary N) is 1. The molecule has 0 saturated heterocycles. The van der Waals surface area contributed by atoms with Gasteiger partial charge in [-0.05, 0) is 57.3 Å². The van der Waals surface area contributed by atoms with Gasteiger partial charge in [-0.3, -0.25) is 14.3 Å². The van der Waals surface area contributed by atoms with Crippen molar-refractivity contribution < 1.29 is 18.5 Å². The van der Waals surface area contributed by atoms with E-state index in [0.717, 1.165) is 22.1 Å². The first kappa shape index (κ1) is 23.8. The number of rotatable bonds is 12. The molecular weight excluding hydrogens is 412 g/mol. The van der Waals surface area contributed by atoms with E-state index in [1.165, 1.54) is 12.0 Å². The van der Waals surface area contributed by atoms with Crippen LogP contribution in [-0.2, 0) is 27.0 Å². The molecule has 10 heteroatoms. The van der Waals surface area contributed by atoms with E-state index in [0.29, 0.717) is 37.8 Å². The highest BCUT2D eigenvalue weighted by Crippen LogP contribution is 2.61. The molecule has 0 aliphatic rings. The summed E-state index contributed by atoms with van der Waals surface area (Å²) >= 11 is 1.53. The maximum absolute atomic E-state index is 11.9. The lowest BCUT2D eigenvalue weighted by molar-refractivity contribution is 0.0524. The molecule has 0 aliphatic carbocycles. The van der Waals surface area contributed by atoms with Crippen LogP contribution in [0.5, 0.6) is 0 Å². The molecule has 0 amide bonds. The third-order valence-corrected chi connectivity index (χ3v) is 10.9. The van der Waals surface area contributed by atoms with Crippen LogP contribution in [0.2, 0.25) is 0 Å². The van der Waals surface area contributed by atoms with Crippen molar-refractivity contribution in [3.63, 3.8) is 0 Å². The standard InChI is InChI=1S/C19H34N4O4S2/c1-7-26-19(24)18-11-23(22-16(18)3)13-25-8-9-29(4,5,6)14-28-27-12-17-10-20-21-15(17)2/h10-11,29H,7-9,12-14H2,1-6H3,(H,20,21). The molecule has 0 atom stereocenters. The van der Waals surface area contributed by atoms with Crippen molar-refractivity contribution in [2.24, 2.45) is 0 Å². The minimum absolute atomic E-state index is 0.316. The number of aryl methyl sites for hydroxylation is 2. The Bertz CT molecular complexity index is 811. The Morgan fingerprint density at radius 3 is 2.69 bits per heavy atom. The highest BCUT2D eigenvalue weighted by atomic mass is 32.3. The van der Waals surface area contributed by atoms with Crippen LogP contribution in [0.4, 0.5) is 0 Å². The molecule has 0 fully saturated rings. The second-order valence-corrected chi connectivity index (χ2v) is 17.5. The van der Waals surface area contributed by atoms with Crippen LogP contribution in [0.25, 0.3) is 0 Å². The summed E-state index contributed by atoms with van der Waals surface area (Å²) in [4.78, 5) is 11.9. The fourth-order valence-electron chi connectivity index (χ4n) is 2.49. The summed E-state index contributed by atoms with van der Waals surface area (Å²) in [5.41, 5.74) is 3.19. The van der Waals surface area contributed by atoms with Crippen molar-refractivity contribution in [1.82, 2.24) is 20.0 Å². The zero-order chi connectivity index (χ0) is 21.5. The van der Waals surface area contributed by atoms with E-state index in [2.05, 4.69) is 34.1 Å². The molecule has 1 N–H and O–H groups in total. The van der Waals surface area contributed by atoms with Crippen molar-refractivity contribution in [2.45, 2.75) is 34.1 Å². The van der Waals surface area contributed by atoms with Crippen LogP contribution < -0.4 is 0 Å². The predicted molar refractivity (Wildman–Crippen MR) is 121 cm³/mol. The van der Waals surface area contributed by atoms with E-state index >= 15 is 0 Å². The Kier molecular flexibility index (Phi) is 8.21. The zero-order valence-corrected chi connectivity index (χ0v) is 19.9. The molecule has 2 aromatic heterocycles. The van der Waals surface area contributed by atoms with Gasteiger partial charge in [0.25, 0.3) is 0 Å². The van der Waals surface area contributed by atoms with Crippen LogP contribution in [0, 0.1) is 13.8 Å². The quantitative estimate of drug-likeness (QED) is 0.224. The Labute approximate surface area is 177 Å². The second-order valence-electron chi connectivity index (χ2n) is 8.62. The van der Waals surface area contributed by atoms with E-state index < -0.39 is 9.16 Å². The Hall–Kier alpha value is -1.49. The molecule has 0 bridgehead atoms. The molecule has 2 heterocycles. The van der Waals surface area contributed by atoms with E-state index in [-0.39, 0.29) is 5.97 Å². The van der Waals surface area contributed by atoms with Crippen LogP contribution in [0.15, 0.2) is 12.4 Å². The van der Waals surface area contributed by atoms with Gasteiger partial charge in [-0.1, -0.05) is 0 Å². The van der Waals surface area contributed by atoms with Gasteiger partial charge in [0.1, 0.15) is 12.3 Å². The van der Waals surface area contributed by atoms with Gasteiger partial charge in [0.05, 0.1) is 31.2 Å². The number of carbonyl (C=O) groups is 1. The smallest absolute Gasteiger partial charge is 0.341 e. The predicted octanol–water partition coefficient (Wildman–Crippen LogP) is 3.16. The maximum Gasteiger partial charge on any atom is 0.341 e.